The van der Waals surface area contributed by atoms with Gasteiger partial charge in [-0.05, 0) is 43.7 Å². The summed E-state index contributed by atoms with van der Waals surface area (Å²) in [6.45, 7) is 5.13. The van der Waals surface area contributed by atoms with Gasteiger partial charge in [0.15, 0.2) is 0 Å². The van der Waals surface area contributed by atoms with Gasteiger partial charge in [-0.1, -0.05) is 26.0 Å². The van der Waals surface area contributed by atoms with E-state index >= 15 is 0 Å². The number of rotatable bonds is 9. The van der Waals surface area contributed by atoms with E-state index in [-0.39, 0.29) is 47.2 Å². The van der Waals surface area contributed by atoms with Gasteiger partial charge in [-0.15, -0.1) is 0 Å². The number of nitrogens with one attached hydrogen (secondary N) is 1. The third-order valence-electron chi connectivity index (χ3n) is 6.04. The van der Waals surface area contributed by atoms with Crippen molar-refractivity contribution in [3.8, 4) is 11.5 Å². The van der Waals surface area contributed by atoms with Gasteiger partial charge in [0, 0.05) is 25.5 Å². The van der Waals surface area contributed by atoms with Crippen molar-refractivity contribution in [1.82, 2.24) is 5.32 Å². The molecule has 0 saturated heterocycles. The molecule has 0 unspecified atom stereocenters. The number of benzene rings is 1. The first-order chi connectivity index (χ1) is 17.6. The van der Waals surface area contributed by atoms with E-state index < -0.39 is 23.3 Å². The number of ether oxygens (including phenoxy) is 3. The lowest BCUT2D eigenvalue weighted by Gasteiger charge is -2.27. The van der Waals surface area contributed by atoms with E-state index in [0.29, 0.717) is 25.3 Å². The van der Waals surface area contributed by atoms with Gasteiger partial charge in [-0.3, -0.25) is 19.2 Å². The molecule has 1 aromatic heterocycles. The molecule has 10 heteroatoms. The maximum atomic E-state index is 12.6. The third kappa shape index (κ3) is 8.03. The zero-order chi connectivity index (χ0) is 26.9. The van der Waals surface area contributed by atoms with Gasteiger partial charge in [0.05, 0.1) is 5.92 Å². The van der Waals surface area contributed by atoms with E-state index in [1.807, 2.05) is 13.8 Å². The van der Waals surface area contributed by atoms with Crippen molar-refractivity contribution >= 4 is 23.8 Å². The minimum Gasteiger partial charge on any atom is -0.462 e. The quantitative estimate of drug-likeness (QED) is 0.395. The minimum atomic E-state index is -0.769. The van der Waals surface area contributed by atoms with Crippen LogP contribution in [0.5, 0.6) is 11.5 Å². The summed E-state index contributed by atoms with van der Waals surface area (Å²) in [7, 11) is 0. The van der Waals surface area contributed by atoms with Crippen LogP contribution in [0.4, 0.5) is 0 Å². The summed E-state index contributed by atoms with van der Waals surface area (Å²) in [6, 6.07) is 7.17. The summed E-state index contributed by atoms with van der Waals surface area (Å²) in [5.74, 6) is -2.09. The number of carbonyl (C=O) groups excluding carboxylic acids is 4. The number of carbonyl (C=O) groups is 4. The fourth-order valence-electron chi connectivity index (χ4n) is 3.93. The standard InChI is InChI=1S/C27H31NO9/c1-16(2)25(31)28-13-18-8-10-19(11-9-18)26(32)37-24-15-34-20(12-22(24)30)14-35-27(33)21-6-4-5-7-23(21)36-17(3)29/h4-7,12,15-16,18-19H,8-11,13-14H2,1-3H3,(H,28,31). The van der Waals surface area contributed by atoms with Gasteiger partial charge >= 0.3 is 17.9 Å². The minimum absolute atomic E-state index is 0.0123. The molecule has 0 atom stereocenters. The highest BCUT2D eigenvalue weighted by molar-refractivity contribution is 5.93. The fraction of sp³-hybridized carbons (Fsp3) is 0.444. The zero-order valence-electron chi connectivity index (χ0n) is 21.1. The van der Waals surface area contributed by atoms with Crippen LogP contribution in [0.15, 0.2) is 45.8 Å². The smallest absolute Gasteiger partial charge is 0.342 e. The molecule has 1 saturated carbocycles. The highest BCUT2D eigenvalue weighted by Crippen LogP contribution is 2.29. The number of hydrogen-bond acceptors (Lipinski definition) is 9. The number of para-hydroxylation sites is 1. The molecule has 198 valence electrons. The lowest BCUT2D eigenvalue weighted by Crippen LogP contribution is -2.35. The Labute approximate surface area is 214 Å². The lowest BCUT2D eigenvalue weighted by molar-refractivity contribution is -0.140. The molecule has 0 aliphatic heterocycles. The second-order valence-electron chi connectivity index (χ2n) is 9.28. The Bertz CT molecular complexity index is 1190. The van der Waals surface area contributed by atoms with Crippen molar-refractivity contribution < 1.29 is 37.8 Å². The first-order valence-electron chi connectivity index (χ1n) is 12.2. The Morgan fingerprint density at radius 2 is 1.73 bits per heavy atom. The van der Waals surface area contributed by atoms with Crippen LogP contribution in [-0.4, -0.2) is 30.4 Å². The summed E-state index contributed by atoms with van der Waals surface area (Å²) in [6.07, 6.45) is 3.78. The van der Waals surface area contributed by atoms with Crippen LogP contribution in [0.1, 0.15) is 62.6 Å². The molecule has 1 heterocycles. The molecule has 37 heavy (non-hydrogen) atoms. The highest BCUT2D eigenvalue weighted by atomic mass is 16.6. The van der Waals surface area contributed by atoms with E-state index in [0.717, 1.165) is 25.2 Å². The summed E-state index contributed by atoms with van der Waals surface area (Å²) in [4.78, 5) is 60.4. The van der Waals surface area contributed by atoms with Gasteiger partial charge in [0.25, 0.3) is 0 Å². The molecule has 1 aliphatic carbocycles. The van der Waals surface area contributed by atoms with Crippen molar-refractivity contribution in [2.24, 2.45) is 17.8 Å². The Hall–Kier alpha value is -3.95. The van der Waals surface area contributed by atoms with Crippen molar-refractivity contribution in [2.75, 3.05) is 6.54 Å². The van der Waals surface area contributed by atoms with Crippen LogP contribution in [-0.2, 0) is 25.7 Å². The molecule has 0 radical (unpaired) electrons. The topological polar surface area (TPSA) is 138 Å². The van der Waals surface area contributed by atoms with Crippen LogP contribution < -0.4 is 20.2 Å². The number of amides is 1. The molecular weight excluding hydrogens is 482 g/mol. The van der Waals surface area contributed by atoms with E-state index in [2.05, 4.69) is 5.32 Å². The average molecular weight is 514 g/mol. The molecule has 10 nitrogen and oxygen atoms in total. The van der Waals surface area contributed by atoms with E-state index in [4.69, 9.17) is 18.6 Å². The first-order valence-corrected chi connectivity index (χ1v) is 12.2. The average Bonchev–Trinajstić information content (AvgIpc) is 2.87. The molecule has 1 N–H and O–H groups in total. The van der Waals surface area contributed by atoms with Gasteiger partial charge in [0.2, 0.25) is 17.1 Å². The third-order valence-corrected chi connectivity index (χ3v) is 6.04. The normalized spacial score (nSPS) is 17.1. The predicted octanol–water partition coefficient (Wildman–Crippen LogP) is 3.41. The Balaban J connectivity index is 1.50. The largest absolute Gasteiger partial charge is 0.462 e. The molecule has 2 aromatic rings. The predicted molar refractivity (Wildman–Crippen MR) is 131 cm³/mol. The van der Waals surface area contributed by atoms with Crippen LogP contribution in [0.3, 0.4) is 0 Å². The Morgan fingerprint density at radius 3 is 2.38 bits per heavy atom. The molecule has 1 amide bonds. The van der Waals surface area contributed by atoms with E-state index in [1.165, 1.54) is 19.1 Å². The van der Waals surface area contributed by atoms with E-state index in [1.54, 1.807) is 12.1 Å². The second-order valence-corrected chi connectivity index (χ2v) is 9.28. The summed E-state index contributed by atoms with van der Waals surface area (Å²) in [5, 5.41) is 2.93. The maximum Gasteiger partial charge on any atom is 0.342 e. The maximum absolute atomic E-state index is 12.6. The highest BCUT2D eigenvalue weighted by Gasteiger charge is 2.28. The van der Waals surface area contributed by atoms with Crippen LogP contribution in [0.2, 0.25) is 0 Å². The second kappa shape index (κ2) is 12.8. The summed E-state index contributed by atoms with van der Waals surface area (Å²) >= 11 is 0. The van der Waals surface area contributed by atoms with Gasteiger partial charge in [-0.25, -0.2) is 4.79 Å². The van der Waals surface area contributed by atoms with Gasteiger partial charge in [-0.2, -0.15) is 0 Å². The summed E-state index contributed by atoms with van der Waals surface area (Å²) < 4.78 is 20.8. The fourth-order valence-corrected chi connectivity index (χ4v) is 3.93. The SMILES string of the molecule is CC(=O)Oc1ccccc1C(=O)OCc1cc(=O)c(OC(=O)C2CCC(CNC(=O)C(C)C)CC2)co1. The molecule has 0 spiro atoms. The van der Waals surface area contributed by atoms with Crippen LogP contribution in [0, 0.1) is 17.8 Å². The van der Waals surface area contributed by atoms with Crippen molar-refractivity contribution in [1.29, 1.82) is 0 Å². The summed E-state index contributed by atoms with van der Waals surface area (Å²) in [5.41, 5.74) is -0.543. The molecule has 1 fully saturated rings. The zero-order valence-corrected chi connectivity index (χ0v) is 21.1. The number of hydrogen-bond donors (Lipinski definition) is 1. The lowest BCUT2D eigenvalue weighted by atomic mass is 9.82. The van der Waals surface area contributed by atoms with Crippen molar-refractivity contribution in [2.45, 2.75) is 53.1 Å². The van der Waals surface area contributed by atoms with Crippen molar-refractivity contribution in [3.63, 3.8) is 0 Å². The van der Waals surface area contributed by atoms with E-state index in [9.17, 15) is 24.0 Å². The Kier molecular flexibility index (Phi) is 9.59. The molecule has 1 aromatic carbocycles. The molecule has 3 rings (SSSR count). The van der Waals surface area contributed by atoms with Gasteiger partial charge < -0.3 is 23.9 Å². The van der Waals surface area contributed by atoms with Crippen molar-refractivity contribution in [3.05, 3.63) is 58.1 Å². The van der Waals surface area contributed by atoms with Crippen LogP contribution >= 0.6 is 0 Å². The first kappa shape index (κ1) is 27.6. The molecular formula is C27H31NO9. The molecule has 0 bridgehead atoms. The monoisotopic (exact) mass is 513 g/mol. The van der Waals surface area contributed by atoms with Crippen LogP contribution in [0.25, 0.3) is 0 Å². The Morgan fingerprint density at radius 1 is 1.03 bits per heavy atom. The van der Waals surface area contributed by atoms with Gasteiger partial charge in [0.1, 0.15) is 29.9 Å². The number of esters is 3. The molecule has 1 aliphatic rings.